The molecular formula is C14H16N4O2S. The summed E-state index contributed by atoms with van der Waals surface area (Å²) in [6.07, 6.45) is 0.919. The average Bonchev–Trinajstić information content (AvgIpc) is 2.91. The Morgan fingerprint density at radius 1 is 1.52 bits per heavy atom. The molecule has 0 atom stereocenters. The van der Waals surface area contributed by atoms with Crippen molar-refractivity contribution < 1.29 is 4.79 Å². The Kier molecular flexibility index (Phi) is 4.12. The van der Waals surface area contributed by atoms with Crippen molar-refractivity contribution in [1.82, 2.24) is 20.2 Å². The van der Waals surface area contributed by atoms with Crippen molar-refractivity contribution in [2.24, 2.45) is 0 Å². The third-order valence-corrected chi connectivity index (χ3v) is 4.06. The molecule has 0 aromatic carbocycles. The van der Waals surface area contributed by atoms with Gasteiger partial charge in [-0.15, -0.1) is 0 Å². The molecule has 2 aromatic heterocycles. The van der Waals surface area contributed by atoms with E-state index in [1.807, 2.05) is 5.38 Å². The van der Waals surface area contributed by atoms with Gasteiger partial charge in [0.15, 0.2) is 0 Å². The fraction of sp³-hybridized carbons (Fsp3) is 0.357. The van der Waals surface area contributed by atoms with Crippen molar-refractivity contribution in [1.29, 1.82) is 0 Å². The number of fused-ring (bicyclic) bond motifs is 1. The number of amides is 1. The van der Waals surface area contributed by atoms with Gasteiger partial charge in [0.05, 0.1) is 18.8 Å². The minimum atomic E-state index is -0.147. The van der Waals surface area contributed by atoms with Crippen LogP contribution in [0.3, 0.4) is 0 Å². The van der Waals surface area contributed by atoms with Crippen molar-refractivity contribution in [3.63, 3.8) is 0 Å². The molecule has 3 heterocycles. The van der Waals surface area contributed by atoms with Crippen LogP contribution in [0.1, 0.15) is 28.3 Å². The highest BCUT2D eigenvalue weighted by Crippen LogP contribution is 2.06. The van der Waals surface area contributed by atoms with Crippen molar-refractivity contribution in [3.8, 4) is 0 Å². The maximum atomic E-state index is 12.1. The first-order valence-electron chi connectivity index (χ1n) is 6.85. The van der Waals surface area contributed by atoms with Crippen molar-refractivity contribution >= 4 is 17.2 Å². The Balaban J connectivity index is 1.74. The van der Waals surface area contributed by atoms with Gasteiger partial charge in [-0.2, -0.15) is 11.3 Å². The predicted molar refractivity (Wildman–Crippen MR) is 80.3 cm³/mol. The van der Waals surface area contributed by atoms with Crippen LogP contribution in [0.25, 0.3) is 0 Å². The molecule has 3 rings (SSSR count). The van der Waals surface area contributed by atoms with Crippen molar-refractivity contribution in [3.05, 3.63) is 50.3 Å². The summed E-state index contributed by atoms with van der Waals surface area (Å²) in [5, 5.41) is 9.67. The Morgan fingerprint density at radius 2 is 2.43 bits per heavy atom. The Labute approximate surface area is 125 Å². The fourth-order valence-electron chi connectivity index (χ4n) is 2.30. The first-order chi connectivity index (χ1) is 10.2. The van der Waals surface area contributed by atoms with Crippen LogP contribution in [0.5, 0.6) is 0 Å². The summed E-state index contributed by atoms with van der Waals surface area (Å²) in [6, 6.07) is 3.27. The van der Waals surface area contributed by atoms with Gasteiger partial charge < -0.3 is 10.6 Å². The summed E-state index contributed by atoms with van der Waals surface area (Å²) < 4.78 is 1.70. The minimum Gasteiger partial charge on any atom is -0.346 e. The SMILES string of the molecule is O=C(NCc1cc(=O)n2c(n1)CNCCC2)c1ccsc1. The van der Waals surface area contributed by atoms with Gasteiger partial charge >= 0.3 is 0 Å². The van der Waals surface area contributed by atoms with Crippen LogP contribution in [0, 0.1) is 0 Å². The number of rotatable bonds is 3. The van der Waals surface area contributed by atoms with Crippen molar-refractivity contribution in [2.75, 3.05) is 6.54 Å². The highest BCUT2D eigenvalue weighted by atomic mass is 32.1. The summed E-state index contributed by atoms with van der Waals surface area (Å²) in [5.41, 5.74) is 1.18. The van der Waals surface area contributed by atoms with Crippen LogP contribution in [0.2, 0.25) is 0 Å². The molecule has 0 aliphatic carbocycles. The topological polar surface area (TPSA) is 76.0 Å². The second-order valence-electron chi connectivity index (χ2n) is 4.88. The lowest BCUT2D eigenvalue weighted by Gasteiger charge is -2.10. The van der Waals surface area contributed by atoms with Crippen LogP contribution in [0.15, 0.2) is 27.7 Å². The highest BCUT2D eigenvalue weighted by molar-refractivity contribution is 7.08. The molecule has 6 nitrogen and oxygen atoms in total. The first kappa shape index (κ1) is 14.0. The molecule has 1 aliphatic heterocycles. The Morgan fingerprint density at radius 3 is 3.24 bits per heavy atom. The molecule has 7 heteroatoms. The fourth-order valence-corrected chi connectivity index (χ4v) is 2.94. The van der Waals surface area contributed by atoms with E-state index in [2.05, 4.69) is 15.6 Å². The minimum absolute atomic E-state index is 0.0523. The van der Waals surface area contributed by atoms with Crippen LogP contribution in [-0.4, -0.2) is 22.0 Å². The number of nitrogens with zero attached hydrogens (tertiary/aromatic N) is 2. The van der Waals surface area contributed by atoms with Gasteiger partial charge in [0.1, 0.15) is 5.82 Å². The van der Waals surface area contributed by atoms with Gasteiger partial charge in [0, 0.05) is 23.6 Å². The molecule has 1 amide bonds. The zero-order chi connectivity index (χ0) is 14.7. The van der Waals surface area contributed by atoms with Crippen LogP contribution < -0.4 is 16.2 Å². The number of hydrogen-bond donors (Lipinski definition) is 2. The van der Waals surface area contributed by atoms with Gasteiger partial charge in [0.25, 0.3) is 11.5 Å². The van der Waals surface area contributed by atoms with E-state index in [0.29, 0.717) is 24.3 Å². The maximum absolute atomic E-state index is 12.1. The van der Waals surface area contributed by atoms with Crippen molar-refractivity contribution in [2.45, 2.75) is 26.1 Å². The quantitative estimate of drug-likeness (QED) is 0.876. The zero-order valence-electron chi connectivity index (χ0n) is 11.5. The van der Waals surface area contributed by atoms with E-state index >= 15 is 0 Å². The number of aromatic nitrogens is 2. The van der Waals surface area contributed by atoms with E-state index in [4.69, 9.17) is 0 Å². The summed E-state index contributed by atoms with van der Waals surface area (Å²) in [5.74, 6) is 0.589. The molecule has 0 fully saturated rings. The van der Waals surface area contributed by atoms with E-state index in [-0.39, 0.29) is 18.0 Å². The van der Waals surface area contributed by atoms with Crippen LogP contribution in [-0.2, 0) is 19.6 Å². The summed E-state index contributed by atoms with van der Waals surface area (Å²) >= 11 is 1.47. The summed E-state index contributed by atoms with van der Waals surface area (Å²) in [6.45, 7) is 2.42. The summed E-state index contributed by atoms with van der Waals surface area (Å²) in [4.78, 5) is 28.5. The molecule has 0 spiro atoms. The monoisotopic (exact) mass is 304 g/mol. The van der Waals surface area contributed by atoms with Gasteiger partial charge in [0.2, 0.25) is 0 Å². The third-order valence-electron chi connectivity index (χ3n) is 3.37. The lowest BCUT2D eigenvalue weighted by Crippen LogP contribution is -2.29. The van der Waals surface area contributed by atoms with E-state index in [9.17, 15) is 9.59 Å². The molecule has 0 saturated heterocycles. The van der Waals surface area contributed by atoms with Crippen LogP contribution in [0.4, 0.5) is 0 Å². The Hall–Kier alpha value is -1.99. The molecule has 1 aliphatic rings. The lowest BCUT2D eigenvalue weighted by molar-refractivity contribution is 0.0951. The van der Waals surface area contributed by atoms with Crippen LogP contribution >= 0.6 is 11.3 Å². The van der Waals surface area contributed by atoms with E-state index < -0.39 is 0 Å². The number of thiophene rings is 1. The highest BCUT2D eigenvalue weighted by Gasteiger charge is 2.12. The number of hydrogen-bond acceptors (Lipinski definition) is 5. The normalized spacial score (nSPS) is 14.3. The van der Waals surface area contributed by atoms with Gasteiger partial charge in [-0.1, -0.05) is 0 Å². The molecule has 21 heavy (non-hydrogen) atoms. The molecule has 0 bridgehead atoms. The smallest absolute Gasteiger partial charge is 0.253 e. The number of carbonyl (C=O) groups is 1. The second kappa shape index (κ2) is 6.19. The molecule has 2 N–H and O–H groups in total. The standard InChI is InChI=1S/C14H16N4O2S/c19-13-6-11(7-16-14(20)10-2-5-21-9-10)17-12-8-15-3-1-4-18(12)13/h2,5-6,9,15H,1,3-4,7-8H2,(H,16,20). The largest absolute Gasteiger partial charge is 0.346 e. The van der Waals surface area contributed by atoms with Gasteiger partial charge in [-0.25, -0.2) is 4.98 Å². The summed E-state index contributed by atoms with van der Waals surface area (Å²) in [7, 11) is 0. The van der Waals surface area contributed by atoms with Gasteiger partial charge in [-0.3, -0.25) is 14.2 Å². The number of nitrogens with one attached hydrogen (secondary N) is 2. The average molecular weight is 304 g/mol. The molecule has 110 valence electrons. The molecular weight excluding hydrogens is 288 g/mol. The van der Waals surface area contributed by atoms with Gasteiger partial charge in [-0.05, 0) is 24.4 Å². The maximum Gasteiger partial charge on any atom is 0.253 e. The van der Waals surface area contributed by atoms with E-state index in [0.717, 1.165) is 18.8 Å². The Bertz CT molecular complexity index is 693. The second-order valence-corrected chi connectivity index (χ2v) is 5.66. The number of carbonyl (C=O) groups excluding carboxylic acids is 1. The zero-order valence-corrected chi connectivity index (χ0v) is 12.3. The molecule has 0 saturated carbocycles. The van der Waals surface area contributed by atoms with E-state index in [1.165, 1.54) is 17.4 Å². The lowest BCUT2D eigenvalue weighted by atomic mass is 10.3. The molecule has 0 unspecified atom stereocenters. The van der Waals surface area contributed by atoms with E-state index in [1.54, 1.807) is 16.0 Å². The predicted octanol–water partition coefficient (Wildman–Crippen LogP) is 0.728. The molecule has 0 radical (unpaired) electrons. The third kappa shape index (κ3) is 3.20. The molecule has 2 aromatic rings. The first-order valence-corrected chi connectivity index (χ1v) is 7.79.